The SMILES string of the molecule is O=C(NCCC1=CCCCC1)c1ccc(-n2cnc3cccnc32)cc1. The highest BCUT2D eigenvalue weighted by Gasteiger charge is 2.09. The summed E-state index contributed by atoms with van der Waals surface area (Å²) in [7, 11) is 0. The monoisotopic (exact) mass is 346 g/mol. The van der Waals surface area contributed by atoms with E-state index in [9.17, 15) is 4.79 Å². The van der Waals surface area contributed by atoms with Gasteiger partial charge in [0.2, 0.25) is 0 Å². The van der Waals surface area contributed by atoms with E-state index in [0.29, 0.717) is 12.1 Å². The Morgan fingerprint density at radius 3 is 2.81 bits per heavy atom. The number of allylic oxidation sites excluding steroid dienone is 1. The fourth-order valence-corrected chi connectivity index (χ4v) is 3.38. The number of rotatable bonds is 5. The first-order valence-corrected chi connectivity index (χ1v) is 9.16. The molecule has 26 heavy (non-hydrogen) atoms. The van der Waals surface area contributed by atoms with Crippen molar-refractivity contribution in [1.82, 2.24) is 19.9 Å². The van der Waals surface area contributed by atoms with Crippen molar-refractivity contribution in [3.8, 4) is 5.69 Å². The van der Waals surface area contributed by atoms with Crippen LogP contribution in [0.15, 0.2) is 60.6 Å². The molecular weight excluding hydrogens is 324 g/mol. The fraction of sp³-hybridized carbons (Fsp3) is 0.286. The zero-order valence-corrected chi connectivity index (χ0v) is 14.7. The number of pyridine rings is 1. The molecule has 3 aromatic rings. The van der Waals surface area contributed by atoms with Gasteiger partial charge in [-0.25, -0.2) is 9.97 Å². The highest BCUT2D eigenvalue weighted by Crippen LogP contribution is 2.19. The number of imidazole rings is 1. The molecule has 0 fully saturated rings. The Kier molecular flexibility index (Phi) is 4.78. The summed E-state index contributed by atoms with van der Waals surface area (Å²) >= 11 is 0. The molecule has 5 nitrogen and oxygen atoms in total. The third-order valence-electron chi connectivity index (χ3n) is 4.83. The van der Waals surface area contributed by atoms with E-state index in [2.05, 4.69) is 21.4 Å². The average Bonchev–Trinajstić information content (AvgIpc) is 3.13. The minimum atomic E-state index is -0.0263. The van der Waals surface area contributed by atoms with Crippen molar-refractivity contribution >= 4 is 17.1 Å². The zero-order valence-electron chi connectivity index (χ0n) is 14.7. The molecule has 5 heteroatoms. The molecule has 1 aliphatic carbocycles. The Hall–Kier alpha value is -2.95. The van der Waals surface area contributed by atoms with Gasteiger partial charge in [0, 0.05) is 24.0 Å². The number of benzene rings is 1. The Bertz CT molecular complexity index is 940. The maximum Gasteiger partial charge on any atom is 0.251 e. The van der Waals surface area contributed by atoms with Gasteiger partial charge in [-0.1, -0.05) is 11.6 Å². The van der Waals surface area contributed by atoms with Crippen LogP contribution in [-0.2, 0) is 0 Å². The fourth-order valence-electron chi connectivity index (χ4n) is 3.38. The van der Waals surface area contributed by atoms with Gasteiger partial charge in [-0.2, -0.15) is 0 Å². The van der Waals surface area contributed by atoms with Crippen molar-refractivity contribution in [1.29, 1.82) is 0 Å². The Labute approximate surface area is 152 Å². The van der Waals surface area contributed by atoms with Gasteiger partial charge >= 0.3 is 0 Å². The molecule has 1 N–H and O–H groups in total. The molecule has 0 atom stereocenters. The maximum atomic E-state index is 12.3. The van der Waals surface area contributed by atoms with Crippen molar-refractivity contribution in [3.05, 3.63) is 66.1 Å². The number of carbonyl (C=O) groups is 1. The predicted octanol–water partition coefficient (Wildman–Crippen LogP) is 4.04. The lowest BCUT2D eigenvalue weighted by molar-refractivity contribution is 0.0954. The summed E-state index contributed by atoms with van der Waals surface area (Å²) in [5.41, 5.74) is 4.75. The maximum absolute atomic E-state index is 12.3. The minimum absolute atomic E-state index is 0.0263. The molecule has 1 aromatic carbocycles. The molecule has 2 heterocycles. The van der Waals surface area contributed by atoms with Gasteiger partial charge in [-0.3, -0.25) is 9.36 Å². The summed E-state index contributed by atoms with van der Waals surface area (Å²) in [5, 5.41) is 3.02. The second-order valence-electron chi connectivity index (χ2n) is 6.62. The van der Waals surface area contributed by atoms with Crippen LogP contribution < -0.4 is 5.32 Å². The molecule has 0 aliphatic heterocycles. The van der Waals surface area contributed by atoms with Gasteiger partial charge < -0.3 is 5.32 Å². The lowest BCUT2D eigenvalue weighted by Gasteiger charge is -2.13. The average molecular weight is 346 g/mol. The first kappa shape index (κ1) is 16.5. The second-order valence-corrected chi connectivity index (χ2v) is 6.62. The summed E-state index contributed by atoms with van der Waals surface area (Å²) in [6.45, 7) is 0.697. The molecule has 132 valence electrons. The van der Waals surface area contributed by atoms with Crippen LogP contribution in [0.25, 0.3) is 16.9 Å². The largest absolute Gasteiger partial charge is 0.352 e. The highest BCUT2D eigenvalue weighted by molar-refractivity contribution is 5.94. The number of aromatic nitrogens is 3. The number of hydrogen-bond acceptors (Lipinski definition) is 3. The molecule has 0 radical (unpaired) electrons. The molecule has 0 spiro atoms. The van der Waals surface area contributed by atoms with E-state index in [0.717, 1.165) is 23.3 Å². The summed E-state index contributed by atoms with van der Waals surface area (Å²) in [5.74, 6) is -0.0263. The molecule has 4 rings (SSSR count). The van der Waals surface area contributed by atoms with Crippen molar-refractivity contribution < 1.29 is 4.79 Å². The molecular formula is C21H22N4O. The smallest absolute Gasteiger partial charge is 0.251 e. The van der Waals surface area contributed by atoms with Gasteiger partial charge in [0.1, 0.15) is 11.8 Å². The number of hydrogen-bond donors (Lipinski definition) is 1. The Balaban J connectivity index is 1.40. The van der Waals surface area contributed by atoms with E-state index in [1.807, 2.05) is 41.0 Å². The van der Waals surface area contributed by atoms with Crippen LogP contribution in [0, 0.1) is 0 Å². The van der Waals surface area contributed by atoms with E-state index in [-0.39, 0.29) is 5.91 Å². The summed E-state index contributed by atoms with van der Waals surface area (Å²) in [4.78, 5) is 21.1. The van der Waals surface area contributed by atoms with Gasteiger partial charge in [0.15, 0.2) is 5.65 Å². The number of fused-ring (bicyclic) bond motifs is 1. The molecule has 0 saturated carbocycles. The van der Waals surface area contributed by atoms with Crippen molar-refractivity contribution in [2.24, 2.45) is 0 Å². The second kappa shape index (κ2) is 7.52. The molecule has 2 aromatic heterocycles. The van der Waals surface area contributed by atoms with E-state index >= 15 is 0 Å². The van der Waals surface area contributed by atoms with Gasteiger partial charge in [-0.05, 0) is 68.5 Å². The van der Waals surface area contributed by atoms with Gasteiger partial charge in [0.05, 0.1) is 0 Å². The Morgan fingerprint density at radius 2 is 2.00 bits per heavy atom. The van der Waals surface area contributed by atoms with Crippen molar-refractivity contribution in [3.63, 3.8) is 0 Å². The number of amides is 1. The molecule has 0 unspecified atom stereocenters. The van der Waals surface area contributed by atoms with Crippen LogP contribution in [0.2, 0.25) is 0 Å². The lowest BCUT2D eigenvalue weighted by Crippen LogP contribution is -2.24. The topological polar surface area (TPSA) is 59.8 Å². The van der Waals surface area contributed by atoms with E-state index in [1.165, 1.54) is 31.3 Å². The lowest BCUT2D eigenvalue weighted by atomic mass is 9.97. The normalized spacial score (nSPS) is 14.2. The number of nitrogens with one attached hydrogen (secondary N) is 1. The van der Waals surface area contributed by atoms with Gasteiger partial charge in [-0.15, -0.1) is 0 Å². The van der Waals surface area contributed by atoms with Crippen LogP contribution in [0.5, 0.6) is 0 Å². The molecule has 0 bridgehead atoms. The quantitative estimate of drug-likeness (QED) is 0.709. The summed E-state index contributed by atoms with van der Waals surface area (Å²) in [6, 6.07) is 11.3. The minimum Gasteiger partial charge on any atom is -0.352 e. The number of nitrogens with zero attached hydrogens (tertiary/aromatic N) is 3. The number of carbonyl (C=O) groups excluding carboxylic acids is 1. The van der Waals surface area contributed by atoms with Crippen LogP contribution >= 0.6 is 0 Å². The Morgan fingerprint density at radius 1 is 1.12 bits per heavy atom. The van der Waals surface area contributed by atoms with E-state index < -0.39 is 0 Å². The first-order valence-electron chi connectivity index (χ1n) is 9.16. The van der Waals surface area contributed by atoms with Crippen molar-refractivity contribution in [2.75, 3.05) is 6.54 Å². The standard InChI is InChI=1S/C21H22N4O/c26-21(23-14-12-16-5-2-1-3-6-16)17-8-10-18(11-9-17)25-15-24-19-7-4-13-22-20(19)25/h4-5,7-11,13,15H,1-3,6,12,14H2,(H,23,26). The van der Waals surface area contributed by atoms with Crippen LogP contribution in [-0.4, -0.2) is 27.0 Å². The zero-order chi connectivity index (χ0) is 17.8. The van der Waals surface area contributed by atoms with Gasteiger partial charge in [0.25, 0.3) is 5.91 Å². The van der Waals surface area contributed by atoms with E-state index in [1.54, 1.807) is 12.5 Å². The molecule has 1 amide bonds. The molecule has 0 saturated heterocycles. The van der Waals surface area contributed by atoms with E-state index in [4.69, 9.17) is 0 Å². The first-order chi connectivity index (χ1) is 12.8. The summed E-state index contributed by atoms with van der Waals surface area (Å²) in [6.07, 6.45) is 11.7. The third kappa shape index (κ3) is 3.52. The van der Waals surface area contributed by atoms with Crippen LogP contribution in [0.4, 0.5) is 0 Å². The third-order valence-corrected chi connectivity index (χ3v) is 4.83. The summed E-state index contributed by atoms with van der Waals surface area (Å²) < 4.78 is 1.92. The highest BCUT2D eigenvalue weighted by atomic mass is 16.1. The predicted molar refractivity (Wildman–Crippen MR) is 102 cm³/mol. The molecule has 1 aliphatic rings. The van der Waals surface area contributed by atoms with Crippen molar-refractivity contribution in [2.45, 2.75) is 32.1 Å². The van der Waals surface area contributed by atoms with Crippen LogP contribution in [0.3, 0.4) is 0 Å². The van der Waals surface area contributed by atoms with Crippen LogP contribution in [0.1, 0.15) is 42.5 Å².